The van der Waals surface area contributed by atoms with Crippen molar-refractivity contribution in [1.82, 2.24) is 4.98 Å². The van der Waals surface area contributed by atoms with Gasteiger partial charge >= 0.3 is 0 Å². The molecule has 1 aromatic carbocycles. The van der Waals surface area contributed by atoms with E-state index in [9.17, 15) is 5.11 Å². The fourth-order valence-electron chi connectivity index (χ4n) is 1.79. The van der Waals surface area contributed by atoms with Gasteiger partial charge in [-0.25, -0.2) is 4.98 Å². The van der Waals surface area contributed by atoms with E-state index in [0.717, 1.165) is 26.9 Å². The predicted molar refractivity (Wildman–Crippen MR) is 78.6 cm³/mol. The second-order valence-corrected chi connectivity index (χ2v) is 5.37. The van der Waals surface area contributed by atoms with Crippen LogP contribution in [0.25, 0.3) is 0 Å². The summed E-state index contributed by atoms with van der Waals surface area (Å²) >= 11 is 3.53. The van der Waals surface area contributed by atoms with Crippen molar-refractivity contribution in [3.63, 3.8) is 0 Å². The number of pyridine rings is 1. The van der Waals surface area contributed by atoms with Gasteiger partial charge in [0.25, 0.3) is 0 Å². The fraction of sp³-hybridized carbons (Fsp3) is 0.267. The van der Waals surface area contributed by atoms with Crippen molar-refractivity contribution in [2.24, 2.45) is 0 Å². The molecule has 2 aromatic rings. The van der Waals surface area contributed by atoms with Gasteiger partial charge in [-0.1, -0.05) is 15.9 Å². The number of aliphatic hydroxyl groups is 1. The normalized spacial score (nSPS) is 12.3. The first kappa shape index (κ1) is 14.0. The molecule has 0 radical (unpaired) electrons. The van der Waals surface area contributed by atoms with E-state index in [0.29, 0.717) is 5.88 Å². The first-order valence-corrected chi connectivity index (χ1v) is 6.85. The Hall–Kier alpha value is -1.39. The van der Waals surface area contributed by atoms with Crippen molar-refractivity contribution in [2.75, 3.05) is 0 Å². The number of benzene rings is 1. The fourth-order valence-corrected chi connectivity index (χ4v) is 2.01. The second kappa shape index (κ2) is 5.72. The number of aliphatic hydroxyl groups excluding tert-OH is 1. The molecule has 0 fully saturated rings. The Morgan fingerprint density at radius 1 is 1.21 bits per heavy atom. The number of rotatable bonds is 3. The SMILES string of the molecule is Cc1cc(Oc2ccc([C@H](C)O)cn2)cc(C)c1Br. The molecule has 100 valence electrons. The molecule has 4 heteroatoms. The number of ether oxygens (including phenoxy) is 1. The molecule has 1 aromatic heterocycles. The van der Waals surface area contributed by atoms with Crippen LogP contribution in [-0.2, 0) is 0 Å². The Morgan fingerprint density at radius 3 is 2.32 bits per heavy atom. The first-order chi connectivity index (χ1) is 8.97. The van der Waals surface area contributed by atoms with E-state index in [4.69, 9.17) is 4.74 Å². The summed E-state index contributed by atoms with van der Waals surface area (Å²) in [5.41, 5.74) is 3.02. The topological polar surface area (TPSA) is 42.4 Å². The summed E-state index contributed by atoms with van der Waals surface area (Å²) in [5, 5.41) is 9.42. The lowest BCUT2D eigenvalue weighted by atomic mass is 10.1. The lowest BCUT2D eigenvalue weighted by molar-refractivity contribution is 0.198. The van der Waals surface area contributed by atoms with E-state index in [1.807, 2.05) is 32.0 Å². The summed E-state index contributed by atoms with van der Waals surface area (Å²) in [6.07, 6.45) is 1.11. The Labute approximate surface area is 121 Å². The largest absolute Gasteiger partial charge is 0.439 e. The number of hydrogen-bond donors (Lipinski definition) is 1. The molecular formula is C15H16BrNO2. The molecule has 1 N–H and O–H groups in total. The summed E-state index contributed by atoms with van der Waals surface area (Å²) in [7, 11) is 0. The standard InChI is InChI=1S/C15H16BrNO2/c1-9-6-13(7-10(2)15(9)16)19-14-5-4-12(8-17-14)11(3)18/h4-8,11,18H,1-3H3/t11-/m0/s1. The third kappa shape index (κ3) is 3.33. The van der Waals surface area contributed by atoms with Gasteiger partial charge < -0.3 is 9.84 Å². The molecule has 0 amide bonds. The molecule has 0 aliphatic carbocycles. The highest BCUT2D eigenvalue weighted by Gasteiger charge is 2.06. The summed E-state index contributed by atoms with van der Waals surface area (Å²) in [6, 6.07) is 7.49. The quantitative estimate of drug-likeness (QED) is 0.916. The molecule has 1 atom stereocenters. The lowest BCUT2D eigenvalue weighted by Crippen LogP contribution is -1.94. The minimum atomic E-state index is -0.515. The molecule has 0 aliphatic rings. The van der Waals surface area contributed by atoms with Gasteiger partial charge in [0.05, 0.1) is 6.10 Å². The van der Waals surface area contributed by atoms with Crippen LogP contribution in [0.15, 0.2) is 34.9 Å². The van der Waals surface area contributed by atoms with Crippen molar-refractivity contribution in [2.45, 2.75) is 26.9 Å². The van der Waals surface area contributed by atoms with Gasteiger partial charge in [0.2, 0.25) is 5.88 Å². The van der Waals surface area contributed by atoms with Crippen LogP contribution in [-0.4, -0.2) is 10.1 Å². The average Bonchev–Trinajstić information content (AvgIpc) is 2.36. The molecule has 2 rings (SSSR count). The van der Waals surface area contributed by atoms with E-state index in [1.165, 1.54) is 0 Å². The first-order valence-electron chi connectivity index (χ1n) is 6.06. The average molecular weight is 322 g/mol. The zero-order chi connectivity index (χ0) is 14.0. The molecule has 0 aliphatic heterocycles. The van der Waals surface area contributed by atoms with Crippen LogP contribution in [0.5, 0.6) is 11.6 Å². The van der Waals surface area contributed by atoms with Crippen molar-refractivity contribution >= 4 is 15.9 Å². The summed E-state index contributed by atoms with van der Waals surface area (Å²) in [6.45, 7) is 5.75. The highest BCUT2D eigenvalue weighted by atomic mass is 79.9. The van der Waals surface area contributed by atoms with Crippen molar-refractivity contribution in [1.29, 1.82) is 0 Å². The third-order valence-electron chi connectivity index (χ3n) is 2.87. The zero-order valence-electron chi connectivity index (χ0n) is 11.1. The highest BCUT2D eigenvalue weighted by Crippen LogP contribution is 2.29. The number of hydrogen-bond acceptors (Lipinski definition) is 3. The summed E-state index contributed by atoms with van der Waals surface area (Å²) in [4.78, 5) is 4.18. The lowest BCUT2D eigenvalue weighted by Gasteiger charge is -2.10. The van der Waals surface area contributed by atoms with E-state index < -0.39 is 6.10 Å². The molecule has 0 saturated heterocycles. The van der Waals surface area contributed by atoms with Gasteiger partial charge in [-0.15, -0.1) is 0 Å². The number of halogens is 1. The van der Waals surface area contributed by atoms with Crippen molar-refractivity contribution in [3.8, 4) is 11.6 Å². The van der Waals surface area contributed by atoms with Crippen LogP contribution >= 0.6 is 15.9 Å². The minimum absolute atomic E-state index is 0.515. The maximum atomic E-state index is 9.42. The van der Waals surface area contributed by atoms with Gasteiger partial charge in [-0.3, -0.25) is 0 Å². The Kier molecular flexibility index (Phi) is 4.22. The molecule has 0 bridgehead atoms. The Morgan fingerprint density at radius 2 is 1.84 bits per heavy atom. The molecular weight excluding hydrogens is 306 g/mol. The number of nitrogens with zero attached hydrogens (tertiary/aromatic N) is 1. The Balaban J connectivity index is 2.21. The second-order valence-electron chi connectivity index (χ2n) is 4.58. The monoisotopic (exact) mass is 321 g/mol. The molecule has 0 spiro atoms. The number of aryl methyl sites for hydroxylation is 2. The Bertz CT molecular complexity index is 556. The van der Waals surface area contributed by atoms with Crippen LogP contribution in [0.2, 0.25) is 0 Å². The molecule has 1 heterocycles. The maximum Gasteiger partial charge on any atom is 0.219 e. The third-order valence-corrected chi connectivity index (χ3v) is 4.12. The smallest absolute Gasteiger partial charge is 0.219 e. The van der Waals surface area contributed by atoms with Gasteiger partial charge in [0, 0.05) is 16.7 Å². The van der Waals surface area contributed by atoms with E-state index in [2.05, 4.69) is 20.9 Å². The highest BCUT2D eigenvalue weighted by molar-refractivity contribution is 9.10. The zero-order valence-corrected chi connectivity index (χ0v) is 12.7. The van der Waals surface area contributed by atoms with E-state index >= 15 is 0 Å². The molecule has 0 unspecified atom stereocenters. The van der Waals surface area contributed by atoms with E-state index in [1.54, 1.807) is 19.2 Å². The molecule has 19 heavy (non-hydrogen) atoms. The minimum Gasteiger partial charge on any atom is -0.439 e. The molecule has 0 saturated carbocycles. The van der Waals surface area contributed by atoms with Crippen molar-refractivity contribution < 1.29 is 9.84 Å². The summed E-state index contributed by atoms with van der Waals surface area (Å²) in [5.74, 6) is 1.28. The summed E-state index contributed by atoms with van der Waals surface area (Å²) < 4.78 is 6.81. The van der Waals surface area contributed by atoms with Crippen molar-refractivity contribution in [3.05, 3.63) is 51.6 Å². The van der Waals surface area contributed by atoms with Crippen LogP contribution in [0.4, 0.5) is 0 Å². The van der Waals surface area contributed by atoms with Crippen LogP contribution in [0, 0.1) is 13.8 Å². The van der Waals surface area contributed by atoms with E-state index in [-0.39, 0.29) is 0 Å². The van der Waals surface area contributed by atoms with Crippen LogP contribution in [0.1, 0.15) is 29.7 Å². The maximum absolute atomic E-state index is 9.42. The molecule has 3 nitrogen and oxygen atoms in total. The van der Waals surface area contributed by atoms with Crippen LogP contribution in [0.3, 0.4) is 0 Å². The van der Waals surface area contributed by atoms with Gasteiger partial charge in [0.15, 0.2) is 0 Å². The number of aromatic nitrogens is 1. The van der Waals surface area contributed by atoms with Gasteiger partial charge in [-0.05, 0) is 55.7 Å². The van der Waals surface area contributed by atoms with Gasteiger partial charge in [-0.2, -0.15) is 0 Å². The van der Waals surface area contributed by atoms with Crippen LogP contribution < -0.4 is 4.74 Å². The predicted octanol–water partition coefficient (Wildman–Crippen LogP) is 4.31. The van der Waals surface area contributed by atoms with Gasteiger partial charge in [0.1, 0.15) is 5.75 Å².